The van der Waals surface area contributed by atoms with E-state index < -0.39 is 24.3 Å². The average molecular weight is 471 g/mol. The molecule has 4 heterocycles. The Labute approximate surface area is 193 Å². The molecule has 11 heteroatoms. The zero-order chi connectivity index (χ0) is 24.1. The second kappa shape index (κ2) is 8.24. The van der Waals surface area contributed by atoms with E-state index in [1.165, 1.54) is 17.3 Å². The van der Waals surface area contributed by atoms with Crippen molar-refractivity contribution in [2.24, 2.45) is 5.92 Å². The number of hydrogen-bond donors (Lipinski definition) is 3. The summed E-state index contributed by atoms with van der Waals surface area (Å²) in [4.78, 5) is 21.7. The molecule has 0 radical (unpaired) electrons. The van der Waals surface area contributed by atoms with Crippen molar-refractivity contribution >= 4 is 34.1 Å². The van der Waals surface area contributed by atoms with Crippen LogP contribution in [0, 0.1) is 18.7 Å². The first-order valence-corrected chi connectivity index (χ1v) is 10.8. The predicted octanol–water partition coefficient (Wildman–Crippen LogP) is 3.95. The highest BCUT2D eigenvalue weighted by Crippen LogP contribution is 2.40. The largest absolute Gasteiger partial charge is 0.465 e. The summed E-state index contributed by atoms with van der Waals surface area (Å²) < 4.78 is 39.5. The Bertz CT molecular complexity index is 1300. The molecule has 0 bridgehead atoms. The fourth-order valence-corrected chi connectivity index (χ4v) is 4.50. The van der Waals surface area contributed by atoms with Gasteiger partial charge in [0, 0.05) is 34.8 Å². The number of rotatable bonds is 3. The maximum absolute atomic E-state index is 15.4. The van der Waals surface area contributed by atoms with Crippen molar-refractivity contribution in [3.8, 4) is 17.0 Å². The lowest BCUT2D eigenvalue weighted by atomic mass is 9.97. The first-order chi connectivity index (χ1) is 16.3. The van der Waals surface area contributed by atoms with E-state index >= 15 is 4.39 Å². The highest BCUT2D eigenvalue weighted by molar-refractivity contribution is 5.99. The van der Waals surface area contributed by atoms with Crippen LogP contribution >= 0.6 is 0 Å². The van der Waals surface area contributed by atoms with Gasteiger partial charge in [-0.05, 0) is 30.0 Å². The average Bonchev–Trinajstić information content (AvgIpc) is 3.21. The Kier molecular flexibility index (Phi) is 5.35. The Balaban J connectivity index is 1.63. The smallest absolute Gasteiger partial charge is 0.413 e. The summed E-state index contributed by atoms with van der Waals surface area (Å²) in [6, 6.07) is 2.76. The van der Waals surface area contributed by atoms with Crippen molar-refractivity contribution in [1.29, 1.82) is 0 Å². The molecule has 1 saturated heterocycles. The number of pyridine rings is 2. The van der Waals surface area contributed by atoms with Gasteiger partial charge in [-0.1, -0.05) is 6.92 Å². The maximum atomic E-state index is 15.4. The number of amides is 1. The number of aromatic nitrogens is 2. The molecule has 1 fully saturated rings. The Hall–Kier alpha value is -3.73. The molecule has 1 amide bonds. The van der Waals surface area contributed by atoms with E-state index in [4.69, 9.17) is 15.2 Å². The summed E-state index contributed by atoms with van der Waals surface area (Å²) in [6.45, 7) is 4.32. The van der Waals surface area contributed by atoms with Gasteiger partial charge in [-0.2, -0.15) is 4.39 Å². The normalized spacial score (nSPS) is 21.6. The van der Waals surface area contributed by atoms with Crippen molar-refractivity contribution in [2.45, 2.75) is 26.2 Å². The third-order valence-corrected chi connectivity index (χ3v) is 6.37. The molecule has 2 aromatic heterocycles. The van der Waals surface area contributed by atoms with Crippen LogP contribution in [0.25, 0.3) is 21.9 Å². The topological polar surface area (TPSA) is 123 Å². The van der Waals surface area contributed by atoms with Crippen LogP contribution in [0.3, 0.4) is 0 Å². The Morgan fingerprint density at radius 1 is 1.26 bits per heavy atom. The van der Waals surface area contributed by atoms with Crippen LogP contribution in [0.4, 0.5) is 30.8 Å². The van der Waals surface area contributed by atoms with Crippen LogP contribution in [-0.4, -0.2) is 53.3 Å². The standard InChI is InChI=1S/C23H23F2N5O4/c1-10-8-33-9-16(10)30(23(31)32)18-4-12-3-13(19(25)20(26)15(12)6-27-18)14-5-29-22-21(11(14)2)28-7-17(24)34-22/h3-6,10,16-17,28H,7-9,26H2,1-2H3,(H,31,32)/t10-,16-,17-/m1/s1. The van der Waals surface area contributed by atoms with E-state index in [0.29, 0.717) is 34.2 Å². The number of carboxylic acid groups (broad SMARTS) is 1. The molecule has 0 aliphatic carbocycles. The summed E-state index contributed by atoms with van der Waals surface area (Å²) >= 11 is 0. The lowest BCUT2D eigenvalue weighted by Crippen LogP contribution is -2.43. The molecule has 0 spiro atoms. The number of fused-ring (bicyclic) bond motifs is 2. The van der Waals surface area contributed by atoms with Crippen molar-refractivity contribution in [2.75, 3.05) is 35.7 Å². The molecule has 9 nitrogen and oxygen atoms in total. The van der Waals surface area contributed by atoms with Gasteiger partial charge < -0.3 is 25.6 Å². The number of anilines is 3. The SMILES string of the molecule is Cc1c(-c2cc3cc(N(C(=O)O)[C@@H]4COC[C@H]4C)ncc3c(N)c2F)cnc2c1NC[C@H](F)O2. The molecule has 34 heavy (non-hydrogen) atoms. The van der Waals surface area contributed by atoms with Gasteiger partial charge in [-0.3, -0.25) is 4.90 Å². The van der Waals surface area contributed by atoms with Crippen LogP contribution < -0.4 is 20.7 Å². The minimum Gasteiger partial charge on any atom is -0.465 e. The first-order valence-electron chi connectivity index (χ1n) is 10.8. The predicted molar refractivity (Wildman–Crippen MR) is 122 cm³/mol. The number of hydrogen-bond acceptors (Lipinski definition) is 7. The number of nitrogens with one attached hydrogen (secondary N) is 1. The van der Waals surface area contributed by atoms with Crippen LogP contribution in [0.5, 0.6) is 5.88 Å². The molecular weight excluding hydrogens is 448 g/mol. The van der Waals surface area contributed by atoms with Gasteiger partial charge >= 0.3 is 6.09 Å². The number of nitrogens with zero attached hydrogens (tertiary/aromatic N) is 3. The van der Waals surface area contributed by atoms with Gasteiger partial charge in [0.15, 0.2) is 5.82 Å². The van der Waals surface area contributed by atoms with Gasteiger partial charge in [0.05, 0.1) is 31.5 Å². The van der Waals surface area contributed by atoms with Gasteiger partial charge in [-0.25, -0.2) is 19.2 Å². The highest BCUT2D eigenvalue weighted by Gasteiger charge is 2.35. The van der Waals surface area contributed by atoms with Crippen molar-refractivity contribution in [3.05, 3.63) is 35.9 Å². The molecule has 4 N–H and O–H groups in total. The van der Waals surface area contributed by atoms with Gasteiger partial charge in [-0.15, -0.1) is 0 Å². The quantitative estimate of drug-likeness (QED) is 0.491. The number of nitrogens with two attached hydrogens (primary N) is 1. The fourth-order valence-electron chi connectivity index (χ4n) is 4.50. The van der Waals surface area contributed by atoms with Crippen LogP contribution in [0.15, 0.2) is 24.5 Å². The highest BCUT2D eigenvalue weighted by atomic mass is 19.1. The number of nitrogen functional groups attached to an aromatic ring is 1. The van der Waals surface area contributed by atoms with E-state index in [-0.39, 0.29) is 42.0 Å². The molecular formula is C23H23F2N5O4. The number of halogens is 2. The minimum absolute atomic E-state index is 0.00898. The molecule has 3 atom stereocenters. The lowest BCUT2D eigenvalue weighted by molar-refractivity contribution is 0.0688. The van der Waals surface area contributed by atoms with Crippen LogP contribution in [0.1, 0.15) is 12.5 Å². The minimum atomic E-state index is -1.52. The Morgan fingerprint density at radius 2 is 2.06 bits per heavy atom. The van der Waals surface area contributed by atoms with Gasteiger partial charge in [0.25, 0.3) is 6.36 Å². The van der Waals surface area contributed by atoms with Crippen molar-refractivity contribution in [1.82, 2.24) is 9.97 Å². The summed E-state index contributed by atoms with van der Waals surface area (Å²) in [6.07, 6.45) is 0.101. The zero-order valence-electron chi connectivity index (χ0n) is 18.5. The fraction of sp³-hybridized carbons (Fsp3) is 0.348. The molecule has 178 valence electrons. The number of alkyl halides is 1. The number of ether oxygens (including phenoxy) is 2. The van der Waals surface area contributed by atoms with E-state index in [0.717, 1.165) is 0 Å². The van der Waals surface area contributed by atoms with Crippen molar-refractivity contribution in [3.63, 3.8) is 0 Å². The number of benzene rings is 1. The second-order valence-electron chi connectivity index (χ2n) is 8.54. The van der Waals surface area contributed by atoms with Crippen molar-refractivity contribution < 1.29 is 28.2 Å². The molecule has 1 aromatic carbocycles. The zero-order valence-corrected chi connectivity index (χ0v) is 18.5. The van der Waals surface area contributed by atoms with Crippen LogP contribution in [-0.2, 0) is 4.74 Å². The van der Waals surface area contributed by atoms with E-state index in [1.54, 1.807) is 19.1 Å². The van der Waals surface area contributed by atoms with E-state index in [2.05, 4.69) is 15.3 Å². The second-order valence-corrected chi connectivity index (χ2v) is 8.54. The molecule has 0 saturated carbocycles. The van der Waals surface area contributed by atoms with E-state index in [1.807, 2.05) is 6.92 Å². The molecule has 0 unspecified atom stereocenters. The van der Waals surface area contributed by atoms with Gasteiger partial charge in [0.1, 0.15) is 11.5 Å². The molecule has 3 aromatic rings. The number of carbonyl (C=O) groups is 1. The third-order valence-electron chi connectivity index (χ3n) is 6.37. The molecule has 2 aliphatic rings. The molecule has 5 rings (SSSR count). The summed E-state index contributed by atoms with van der Waals surface area (Å²) in [5.41, 5.74) is 7.73. The third kappa shape index (κ3) is 3.52. The lowest BCUT2D eigenvalue weighted by Gasteiger charge is -2.27. The monoisotopic (exact) mass is 471 g/mol. The molecule has 2 aliphatic heterocycles. The summed E-state index contributed by atoms with van der Waals surface area (Å²) in [5, 5.41) is 13.7. The summed E-state index contributed by atoms with van der Waals surface area (Å²) in [5.74, 6) is -0.362. The Morgan fingerprint density at radius 3 is 2.76 bits per heavy atom. The summed E-state index contributed by atoms with van der Waals surface area (Å²) in [7, 11) is 0. The maximum Gasteiger partial charge on any atom is 0.413 e. The van der Waals surface area contributed by atoms with Gasteiger partial charge in [0.2, 0.25) is 5.88 Å². The first kappa shape index (κ1) is 22.1. The van der Waals surface area contributed by atoms with E-state index in [9.17, 15) is 14.3 Å². The van der Waals surface area contributed by atoms with Crippen LogP contribution in [0.2, 0.25) is 0 Å².